The van der Waals surface area contributed by atoms with Crippen LogP contribution in [0.25, 0.3) is 0 Å². The van der Waals surface area contributed by atoms with Crippen molar-refractivity contribution in [2.75, 3.05) is 0 Å². The molecule has 0 aromatic carbocycles. The fourth-order valence-electron chi connectivity index (χ4n) is 7.30. The van der Waals surface area contributed by atoms with Crippen LogP contribution in [0.4, 0.5) is 0 Å². The minimum Gasteiger partial charge on any atom is -0.299 e. The summed E-state index contributed by atoms with van der Waals surface area (Å²) >= 11 is 0. The molecule has 0 amide bonds. The lowest BCUT2D eigenvalue weighted by atomic mass is 9.54. The third-order valence-electron chi connectivity index (χ3n) is 7.48. The van der Waals surface area contributed by atoms with Gasteiger partial charge in [-0.3, -0.25) is 35.1 Å². The van der Waals surface area contributed by atoms with Crippen molar-refractivity contribution < 1.29 is 19.6 Å². The number of Topliss-reactive ketones (excluding diaryl/α,β-unsaturated/α-hetero) is 1. The summed E-state index contributed by atoms with van der Waals surface area (Å²) < 4.78 is 0. The van der Waals surface area contributed by atoms with Crippen molar-refractivity contribution in [1.82, 2.24) is 0 Å². The minimum atomic E-state index is -2.49. The number of ketones is 1. The summed E-state index contributed by atoms with van der Waals surface area (Å²) in [5.41, 5.74) is -4.12. The highest BCUT2D eigenvalue weighted by molar-refractivity contribution is 5.89. The molecule has 5 rings (SSSR count). The molecular weight excluding hydrogens is 298 g/mol. The van der Waals surface area contributed by atoms with Crippen LogP contribution >= 0.6 is 0 Å². The van der Waals surface area contributed by atoms with E-state index < -0.39 is 61.5 Å². The van der Waals surface area contributed by atoms with Crippen molar-refractivity contribution in [3.8, 4) is 0 Å². The van der Waals surface area contributed by atoms with Crippen molar-refractivity contribution >= 4 is 5.78 Å². The van der Waals surface area contributed by atoms with E-state index in [1.165, 1.54) is 0 Å². The first-order chi connectivity index (χ1) is 10.3. The van der Waals surface area contributed by atoms with Gasteiger partial charge in [0, 0.05) is 22.7 Å². The van der Waals surface area contributed by atoms with Gasteiger partial charge in [-0.15, -0.1) is 0 Å². The fourth-order valence-corrected chi connectivity index (χ4v) is 7.30. The lowest BCUT2D eigenvalue weighted by Crippen LogP contribution is -2.65. The molecule has 5 aliphatic carbocycles. The van der Waals surface area contributed by atoms with Crippen LogP contribution in [0.3, 0.4) is 0 Å². The van der Waals surface area contributed by atoms with E-state index in [9.17, 15) is 35.1 Å². The van der Waals surface area contributed by atoms with Gasteiger partial charge in [-0.2, -0.15) is 0 Å². The summed E-state index contributed by atoms with van der Waals surface area (Å²) in [7, 11) is 0. The van der Waals surface area contributed by atoms with E-state index in [0.29, 0.717) is 0 Å². The smallest absolute Gasteiger partial charge is 0.299 e. The highest BCUT2D eigenvalue weighted by Crippen LogP contribution is 2.83. The van der Waals surface area contributed by atoms with Gasteiger partial charge in [0.1, 0.15) is 11.7 Å². The highest BCUT2D eigenvalue weighted by Gasteiger charge is 3.02. The molecule has 0 unspecified atom stereocenters. The number of rotatable bonds is 3. The molecule has 0 N–H and O–H groups in total. The van der Waals surface area contributed by atoms with E-state index in [1.54, 1.807) is 0 Å². The van der Waals surface area contributed by atoms with Gasteiger partial charge in [0.2, 0.25) is 5.54 Å². The Kier molecular flexibility index (Phi) is 1.69. The van der Waals surface area contributed by atoms with Gasteiger partial charge in [-0.25, -0.2) is 0 Å². The number of nitrogens with zero attached hydrogens (tertiary/aromatic N) is 3. The van der Waals surface area contributed by atoms with Crippen LogP contribution in [-0.4, -0.2) is 31.8 Å². The summed E-state index contributed by atoms with van der Waals surface area (Å²) in [5.74, 6) is -4.82. The van der Waals surface area contributed by atoms with E-state index in [4.69, 9.17) is 0 Å². The molecule has 0 bridgehead atoms. The molecule has 10 heteroatoms. The van der Waals surface area contributed by atoms with Crippen molar-refractivity contribution in [2.24, 2.45) is 41.4 Å². The van der Waals surface area contributed by atoms with Gasteiger partial charge in [0.25, 0.3) is 0 Å². The standard InChI is InChI=1S/C12H11N3O7/c16-10-3-1-5-9-7(3)8-4(10)2-6(11(8,9)13(17)18)12(5,14(19)20)15(21)22/h3-9H,1-2H2/t3-,4+,5-,6+,7+,8+,9-,11+/m1/s1. The largest absolute Gasteiger partial charge is 0.471 e. The van der Waals surface area contributed by atoms with E-state index in [0.717, 1.165) is 0 Å². The van der Waals surface area contributed by atoms with Crippen LogP contribution in [0.5, 0.6) is 0 Å². The highest BCUT2D eigenvalue weighted by atomic mass is 16.7. The Morgan fingerprint density at radius 2 is 1.55 bits per heavy atom. The maximum Gasteiger partial charge on any atom is 0.471 e. The second-order valence-electron chi connectivity index (χ2n) is 7.32. The van der Waals surface area contributed by atoms with Crippen LogP contribution < -0.4 is 0 Å². The second-order valence-corrected chi connectivity index (χ2v) is 7.32. The molecule has 0 spiro atoms. The zero-order valence-corrected chi connectivity index (χ0v) is 11.2. The van der Waals surface area contributed by atoms with E-state index in [-0.39, 0.29) is 24.5 Å². The van der Waals surface area contributed by atoms with Crippen molar-refractivity contribution in [1.29, 1.82) is 0 Å². The first kappa shape index (κ1) is 12.4. The average molecular weight is 309 g/mol. The van der Waals surface area contributed by atoms with Crippen molar-refractivity contribution in [3.05, 3.63) is 30.3 Å². The lowest BCUT2D eigenvalue weighted by molar-refractivity contribution is -0.816. The molecule has 0 aliphatic heterocycles. The van der Waals surface area contributed by atoms with Gasteiger partial charge >= 0.3 is 5.66 Å². The average Bonchev–Trinajstić information content (AvgIpc) is 2.96. The Bertz CT molecular complexity index is 693. The van der Waals surface area contributed by atoms with Gasteiger partial charge in [0.05, 0.1) is 15.8 Å². The Hall–Kier alpha value is -2.13. The number of hydrogen-bond acceptors (Lipinski definition) is 7. The Morgan fingerprint density at radius 3 is 2.09 bits per heavy atom. The predicted octanol–water partition coefficient (Wildman–Crippen LogP) is -0.0177. The molecule has 8 atom stereocenters. The molecule has 5 fully saturated rings. The summed E-state index contributed by atoms with van der Waals surface area (Å²) in [6.07, 6.45) is -0.0122. The lowest BCUT2D eigenvalue weighted by Gasteiger charge is -2.46. The quantitative estimate of drug-likeness (QED) is 0.404. The normalized spacial score (nSPS) is 54.4. The summed E-state index contributed by atoms with van der Waals surface area (Å²) in [4.78, 5) is 45.3. The maximum absolute atomic E-state index is 12.4. The zero-order chi connectivity index (χ0) is 15.8. The minimum absolute atomic E-state index is 0.0472. The molecule has 5 aliphatic rings. The SMILES string of the molecule is O=C1[C@H]2C[C@@H]3C([N+](=O)[O-])([N+](=O)[O-])[C@@H]4C[C@@H]1[C@H]1[C@H]2[C@]3([N+](=O)[O-])[C@@H]14. The van der Waals surface area contributed by atoms with Crippen LogP contribution in [0.15, 0.2) is 0 Å². The van der Waals surface area contributed by atoms with Gasteiger partial charge in [-0.05, 0) is 18.8 Å². The number of hydrogen-bond donors (Lipinski definition) is 0. The Balaban J connectivity index is 1.84. The van der Waals surface area contributed by atoms with Crippen LogP contribution in [0.2, 0.25) is 0 Å². The predicted molar refractivity (Wildman–Crippen MR) is 65.1 cm³/mol. The van der Waals surface area contributed by atoms with E-state index in [2.05, 4.69) is 0 Å². The molecule has 0 radical (unpaired) electrons. The summed E-state index contributed by atoms with van der Waals surface area (Å²) in [5, 5.41) is 35.2. The molecule has 0 aromatic heterocycles. The maximum atomic E-state index is 12.4. The number of carbonyl (C=O) groups excluding carboxylic acids is 1. The first-order valence-corrected chi connectivity index (χ1v) is 7.29. The Morgan fingerprint density at radius 1 is 0.909 bits per heavy atom. The van der Waals surface area contributed by atoms with Gasteiger partial charge < -0.3 is 0 Å². The second kappa shape index (κ2) is 2.99. The summed E-state index contributed by atoms with van der Waals surface area (Å²) in [6.45, 7) is 0. The third kappa shape index (κ3) is 0.759. The molecule has 10 nitrogen and oxygen atoms in total. The number of nitro groups is 3. The molecule has 116 valence electrons. The molecule has 0 heterocycles. The van der Waals surface area contributed by atoms with E-state index >= 15 is 0 Å². The summed E-state index contributed by atoms with van der Waals surface area (Å²) in [6, 6.07) is 0. The van der Waals surface area contributed by atoms with Crippen LogP contribution in [-0.2, 0) is 4.79 Å². The zero-order valence-electron chi connectivity index (χ0n) is 11.2. The molecule has 0 saturated heterocycles. The molecular formula is C12H11N3O7. The topological polar surface area (TPSA) is 146 Å². The monoisotopic (exact) mass is 309 g/mol. The Labute approximate surface area is 122 Å². The molecule has 22 heavy (non-hydrogen) atoms. The van der Waals surface area contributed by atoms with Crippen LogP contribution in [0.1, 0.15) is 12.8 Å². The van der Waals surface area contributed by atoms with Gasteiger partial charge in [0.15, 0.2) is 5.92 Å². The van der Waals surface area contributed by atoms with Gasteiger partial charge in [-0.1, -0.05) is 0 Å². The van der Waals surface area contributed by atoms with Crippen LogP contribution in [0, 0.1) is 71.8 Å². The molecule has 0 aromatic rings. The van der Waals surface area contributed by atoms with Crippen molar-refractivity contribution in [3.63, 3.8) is 0 Å². The van der Waals surface area contributed by atoms with E-state index in [1.807, 2.05) is 0 Å². The fraction of sp³-hybridized carbons (Fsp3) is 0.917. The number of carbonyl (C=O) groups is 1. The molecule has 5 saturated carbocycles. The first-order valence-electron chi connectivity index (χ1n) is 7.29. The van der Waals surface area contributed by atoms with Crippen molar-refractivity contribution in [2.45, 2.75) is 24.0 Å². The third-order valence-corrected chi connectivity index (χ3v) is 7.48.